The smallest absolute Gasteiger partial charge is 0.234 e. The van der Waals surface area contributed by atoms with Gasteiger partial charge in [-0.15, -0.1) is 0 Å². The molecule has 2 aliphatic heterocycles. The number of ether oxygens (including phenoxy) is 1. The predicted molar refractivity (Wildman–Crippen MR) is 74.5 cm³/mol. The number of morpholine rings is 1. The van der Waals surface area contributed by atoms with Gasteiger partial charge in [0.25, 0.3) is 0 Å². The minimum atomic E-state index is -0.0650. The molecule has 2 unspecified atom stereocenters. The molecule has 1 aromatic heterocycles. The van der Waals surface area contributed by atoms with Crippen molar-refractivity contribution >= 4 is 0 Å². The monoisotopic (exact) mass is 280 g/mol. The first kappa shape index (κ1) is 14.0. The SMILES string of the molecule is CC(C)C1(c2nc(C3CN(C)CCO3)no2)CCNC1. The van der Waals surface area contributed by atoms with E-state index in [2.05, 4.69) is 41.3 Å². The number of likely N-dealkylation sites (N-methyl/N-ethyl adjacent to an activating group) is 1. The lowest BCUT2D eigenvalue weighted by Gasteiger charge is -2.29. The molecule has 3 rings (SSSR count). The molecule has 2 aliphatic rings. The Hall–Kier alpha value is -0.980. The van der Waals surface area contributed by atoms with Crippen LogP contribution in [-0.4, -0.2) is 54.9 Å². The lowest BCUT2D eigenvalue weighted by Crippen LogP contribution is -2.36. The number of hydrogen-bond acceptors (Lipinski definition) is 6. The maximum atomic E-state index is 5.76. The summed E-state index contributed by atoms with van der Waals surface area (Å²) in [7, 11) is 2.09. The van der Waals surface area contributed by atoms with Gasteiger partial charge in [0.2, 0.25) is 11.7 Å². The van der Waals surface area contributed by atoms with Gasteiger partial charge in [0.05, 0.1) is 12.0 Å². The van der Waals surface area contributed by atoms with Gasteiger partial charge in [-0.2, -0.15) is 4.98 Å². The van der Waals surface area contributed by atoms with Crippen LogP contribution in [0, 0.1) is 5.92 Å². The molecule has 2 saturated heterocycles. The first-order valence-electron chi connectivity index (χ1n) is 7.47. The molecule has 0 aliphatic carbocycles. The largest absolute Gasteiger partial charge is 0.367 e. The average molecular weight is 280 g/mol. The van der Waals surface area contributed by atoms with E-state index in [9.17, 15) is 0 Å². The van der Waals surface area contributed by atoms with Gasteiger partial charge in [0, 0.05) is 19.6 Å². The van der Waals surface area contributed by atoms with Crippen LogP contribution in [0.4, 0.5) is 0 Å². The van der Waals surface area contributed by atoms with E-state index in [1.54, 1.807) is 0 Å². The molecule has 0 amide bonds. The van der Waals surface area contributed by atoms with Crippen molar-refractivity contribution in [3.63, 3.8) is 0 Å². The zero-order valence-corrected chi connectivity index (χ0v) is 12.6. The Morgan fingerprint density at radius 3 is 2.95 bits per heavy atom. The Bertz CT molecular complexity index is 454. The molecule has 0 bridgehead atoms. The van der Waals surface area contributed by atoms with Gasteiger partial charge in [0.1, 0.15) is 6.10 Å². The van der Waals surface area contributed by atoms with Crippen LogP contribution in [0.5, 0.6) is 0 Å². The van der Waals surface area contributed by atoms with Gasteiger partial charge in [-0.3, -0.25) is 0 Å². The quantitative estimate of drug-likeness (QED) is 0.890. The summed E-state index contributed by atoms with van der Waals surface area (Å²) in [6, 6.07) is 0. The van der Waals surface area contributed by atoms with E-state index in [4.69, 9.17) is 9.26 Å². The fourth-order valence-corrected chi connectivity index (χ4v) is 3.14. The number of rotatable bonds is 3. The summed E-state index contributed by atoms with van der Waals surface area (Å²) in [6.45, 7) is 8.88. The molecule has 0 spiro atoms. The summed E-state index contributed by atoms with van der Waals surface area (Å²) in [5.74, 6) is 1.93. The van der Waals surface area contributed by atoms with Crippen LogP contribution in [-0.2, 0) is 10.2 Å². The summed E-state index contributed by atoms with van der Waals surface area (Å²) in [6.07, 6.45) is 0.988. The van der Waals surface area contributed by atoms with Crippen LogP contribution in [0.1, 0.15) is 38.1 Å². The van der Waals surface area contributed by atoms with Gasteiger partial charge in [-0.25, -0.2) is 0 Å². The Morgan fingerprint density at radius 2 is 2.30 bits per heavy atom. The summed E-state index contributed by atoms with van der Waals surface area (Å²) in [5, 5.41) is 7.60. The molecule has 1 aromatic rings. The molecule has 6 nitrogen and oxygen atoms in total. The highest BCUT2D eigenvalue weighted by Gasteiger charge is 2.44. The van der Waals surface area contributed by atoms with Gasteiger partial charge < -0.3 is 19.5 Å². The van der Waals surface area contributed by atoms with Crippen molar-refractivity contribution in [3.05, 3.63) is 11.7 Å². The van der Waals surface area contributed by atoms with Crippen LogP contribution in [0.2, 0.25) is 0 Å². The second-order valence-electron chi connectivity index (χ2n) is 6.32. The molecule has 112 valence electrons. The molecule has 20 heavy (non-hydrogen) atoms. The molecule has 0 aromatic carbocycles. The zero-order valence-electron chi connectivity index (χ0n) is 12.6. The molecule has 1 N–H and O–H groups in total. The highest BCUT2D eigenvalue weighted by molar-refractivity contribution is 5.12. The van der Waals surface area contributed by atoms with Crippen molar-refractivity contribution in [1.29, 1.82) is 0 Å². The van der Waals surface area contributed by atoms with Crippen LogP contribution in [0.15, 0.2) is 4.52 Å². The predicted octanol–water partition coefficient (Wildman–Crippen LogP) is 0.960. The highest BCUT2D eigenvalue weighted by Crippen LogP contribution is 2.37. The van der Waals surface area contributed by atoms with Crippen LogP contribution < -0.4 is 5.32 Å². The lowest BCUT2D eigenvalue weighted by molar-refractivity contribution is -0.0264. The Labute approximate surface area is 119 Å². The Balaban J connectivity index is 1.82. The summed E-state index contributed by atoms with van der Waals surface area (Å²) in [4.78, 5) is 6.91. The van der Waals surface area contributed by atoms with Crippen LogP contribution in [0.25, 0.3) is 0 Å². The minimum Gasteiger partial charge on any atom is -0.367 e. The molecule has 3 heterocycles. The van der Waals surface area contributed by atoms with Crippen molar-refractivity contribution < 1.29 is 9.26 Å². The number of hydrogen-bond donors (Lipinski definition) is 1. The third kappa shape index (κ3) is 2.36. The second-order valence-corrected chi connectivity index (χ2v) is 6.32. The summed E-state index contributed by atoms with van der Waals surface area (Å²) >= 11 is 0. The van der Waals surface area contributed by atoms with E-state index in [0.717, 1.165) is 45.1 Å². The van der Waals surface area contributed by atoms with Gasteiger partial charge in [-0.05, 0) is 25.9 Å². The standard InChI is InChI=1S/C14H24N4O2/c1-10(2)14(4-5-15-9-14)13-16-12(17-20-13)11-8-18(3)6-7-19-11/h10-11,15H,4-9H2,1-3H3. The second kappa shape index (κ2) is 5.42. The van der Waals surface area contributed by atoms with Gasteiger partial charge in [-0.1, -0.05) is 19.0 Å². The first-order chi connectivity index (χ1) is 9.62. The van der Waals surface area contributed by atoms with Crippen molar-refractivity contribution in [2.45, 2.75) is 31.8 Å². The third-order valence-electron chi connectivity index (χ3n) is 4.72. The summed E-state index contributed by atoms with van der Waals surface area (Å²) < 4.78 is 11.4. The molecule has 0 radical (unpaired) electrons. The number of nitrogens with zero attached hydrogens (tertiary/aromatic N) is 3. The molecular weight excluding hydrogens is 256 g/mol. The normalized spacial score (nSPS) is 32.1. The van der Waals surface area contributed by atoms with Crippen molar-refractivity contribution in [1.82, 2.24) is 20.4 Å². The van der Waals surface area contributed by atoms with E-state index in [-0.39, 0.29) is 11.5 Å². The number of nitrogens with one attached hydrogen (secondary N) is 1. The van der Waals surface area contributed by atoms with E-state index >= 15 is 0 Å². The lowest BCUT2D eigenvalue weighted by atomic mass is 9.76. The van der Waals surface area contributed by atoms with Crippen LogP contribution in [0.3, 0.4) is 0 Å². The highest BCUT2D eigenvalue weighted by atomic mass is 16.5. The van der Waals surface area contributed by atoms with E-state index < -0.39 is 0 Å². The average Bonchev–Trinajstić information content (AvgIpc) is 3.08. The summed E-state index contributed by atoms with van der Waals surface area (Å²) in [5.41, 5.74) is -0.0220. The van der Waals surface area contributed by atoms with Crippen molar-refractivity contribution in [3.8, 4) is 0 Å². The molecular formula is C14H24N4O2. The van der Waals surface area contributed by atoms with Crippen molar-refractivity contribution in [2.75, 3.05) is 39.8 Å². The maximum absolute atomic E-state index is 5.76. The van der Waals surface area contributed by atoms with Crippen molar-refractivity contribution in [2.24, 2.45) is 5.92 Å². The molecule has 2 atom stereocenters. The first-order valence-corrected chi connectivity index (χ1v) is 7.47. The van der Waals surface area contributed by atoms with E-state index in [1.807, 2.05) is 0 Å². The van der Waals surface area contributed by atoms with E-state index in [0.29, 0.717) is 11.7 Å². The zero-order chi connectivity index (χ0) is 14.2. The Kier molecular flexibility index (Phi) is 3.79. The number of aromatic nitrogens is 2. The topological polar surface area (TPSA) is 63.4 Å². The van der Waals surface area contributed by atoms with Crippen LogP contribution >= 0.6 is 0 Å². The minimum absolute atomic E-state index is 0.0220. The molecule has 2 fully saturated rings. The van der Waals surface area contributed by atoms with Gasteiger partial charge in [0.15, 0.2) is 0 Å². The molecule has 6 heteroatoms. The Morgan fingerprint density at radius 1 is 1.45 bits per heavy atom. The van der Waals surface area contributed by atoms with E-state index in [1.165, 1.54) is 0 Å². The van der Waals surface area contributed by atoms with Gasteiger partial charge >= 0.3 is 0 Å². The molecule has 0 saturated carbocycles. The maximum Gasteiger partial charge on any atom is 0.234 e. The third-order valence-corrected chi connectivity index (χ3v) is 4.72. The fourth-order valence-electron chi connectivity index (χ4n) is 3.14. The fraction of sp³-hybridized carbons (Fsp3) is 0.857.